The van der Waals surface area contributed by atoms with Gasteiger partial charge in [-0.3, -0.25) is 0 Å². The summed E-state index contributed by atoms with van der Waals surface area (Å²) in [4.78, 5) is 33.2. The minimum absolute atomic E-state index is 0.0290. The van der Waals surface area contributed by atoms with Gasteiger partial charge in [0.05, 0.1) is 5.56 Å². The highest BCUT2D eigenvalue weighted by atomic mass is 32.1. The molecule has 1 heterocycles. The number of rotatable bonds is 6. The molecule has 1 aliphatic heterocycles. The molecule has 1 N–H and O–H groups in total. The molecule has 0 bridgehead atoms. The van der Waals surface area contributed by atoms with Crippen LogP contribution in [-0.2, 0) is 19.0 Å². The summed E-state index contributed by atoms with van der Waals surface area (Å²) >= 11 is 4.02. The second kappa shape index (κ2) is 7.03. The third-order valence-corrected chi connectivity index (χ3v) is 3.01. The second-order valence-corrected chi connectivity index (χ2v) is 4.74. The normalized spacial score (nSPS) is 16.6. The van der Waals surface area contributed by atoms with E-state index in [-0.39, 0.29) is 36.0 Å². The minimum Gasteiger partial charge on any atom is -0.482 e. The van der Waals surface area contributed by atoms with Gasteiger partial charge < -0.3 is 24.1 Å². The number of esters is 1. The Bertz CT molecular complexity index is 600. The first-order valence-electron chi connectivity index (χ1n) is 6.14. The molecule has 9 heteroatoms. The monoisotopic (exact) mass is 328 g/mol. The molecule has 118 valence electrons. The number of cyclic esters (lactones) is 2. The van der Waals surface area contributed by atoms with E-state index in [1.165, 1.54) is 18.2 Å². The zero-order chi connectivity index (χ0) is 16.1. The molecule has 1 aliphatic rings. The number of aromatic carboxylic acids is 1. The standard InChI is InChI=1S/C13H12O8S/c14-11(19-4-8-5-20-13(17)21-8)6-18-7-1-2-9(12(15)16)10(22)3-7/h1-3,8,22H,4-6H2,(H,15,16). The molecule has 1 aromatic carbocycles. The van der Waals surface area contributed by atoms with Gasteiger partial charge in [0.1, 0.15) is 19.0 Å². The molecule has 0 spiro atoms. The van der Waals surface area contributed by atoms with E-state index in [2.05, 4.69) is 22.1 Å². The Kier molecular flexibility index (Phi) is 5.10. The maximum absolute atomic E-state index is 11.5. The Hall–Kier alpha value is -2.42. The zero-order valence-electron chi connectivity index (χ0n) is 11.2. The smallest absolute Gasteiger partial charge is 0.482 e. The molecule has 1 saturated heterocycles. The van der Waals surface area contributed by atoms with Gasteiger partial charge >= 0.3 is 18.1 Å². The van der Waals surface area contributed by atoms with E-state index in [1.54, 1.807) is 0 Å². The van der Waals surface area contributed by atoms with Gasteiger partial charge in [0, 0.05) is 4.90 Å². The molecule has 0 aliphatic carbocycles. The van der Waals surface area contributed by atoms with Crippen molar-refractivity contribution < 1.29 is 38.4 Å². The lowest BCUT2D eigenvalue weighted by Crippen LogP contribution is -2.23. The Morgan fingerprint density at radius 2 is 2.18 bits per heavy atom. The van der Waals surface area contributed by atoms with Gasteiger partial charge in [-0.05, 0) is 18.2 Å². The van der Waals surface area contributed by atoms with Crippen LogP contribution in [0.5, 0.6) is 5.75 Å². The molecule has 0 amide bonds. The van der Waals surface area contributed by atoms with E-state index >= 15 is 0 Å². The number of hydrogen-bond acceptors (Lipinski definition) is 8. The molecular formula is C13H12O8S. The summed E-state index contributed by atoms with van der Waals surface area (Å²) in [7, 11) is 0. The molecule has 8 nitrogen and oxygen atoms in total. The lowest BCUT2D eigenvalue weighted by molar-refractivity contribution is -0.148. The van der Waals surface area contributed by atoms with E-state index in [0.717, 1.165) is 0 Å². The highest BCUT2D eigenvalue weighted by Gasteiger charge is 2.26. The predicted octanol–water partition coefficient (Wildman–Crippen LogP) is 1.13. The van der Waals surface area contributed by atoms with Gasteiger partial charge in [0.25, 0.3) is 0 Å². The largest absolute Gasteiger partial charge is 0.508 e. The first-order valence-corrected chi connectivity index (χ1v) is 6.58. The summed E-state index contributed by atoms with van der Waals surface area (Å²) in [5.41, 5.74) is 0.0290. The zero-order valence-corrected chi connectivity index (χ0v) is 12.1. The highest BCUT2D eigenvalue weighted by Crippen LogP contribution is 2.21. The molecule has 0 aromatic heterocycles. The maximum atomic E-state index is 11.5. The summed E-state index contributed by atoms with van der Waals surface area (Å²) in [5, 5.41) is 8.86. The lowest BCUT2D eigenvalue weighted by Gasteiger charge is -2.10. The van der Waals surface area contributed by atoms with E-state index in [9.17, 15) is 14.4 Å². The number of carboxylic acid groups (broad SMARTS) is 1. The molecule has 0 saturated carbocycles. The van der Waals surface area contributed by atoms with Crippen molar-refractivity contribution in [1.82, 2.24) is 0 Å². The van der Waals surface area contributed by atoms with Crippen molar-refractivity contribution in [3.8, 4) is 5.75 Å². The van der Waals surface area contributed by atoms with E-state index < -0.39 is 24.2 Å². The van der Waals surface area contributed by atoms with Crippen LogP contribution < -0.4 is 4.74 Å². The first kappa shape index (κ1) is 16.0. The first-order chi connectivity index (χ1) is 10.5. The van der Waals surface area contributed by atoms with Gasteiger partial charge in [0.2, 0.25) is 0 Å². The molecule has 1 atom stereocenters. The summed E-state index contributed by atoms with van der Waals surface area (Å²) in [6, 6.07) is 4.11. The van der Waals surface area contributed by atoms with Crippen molar-refractivity contribution in [3.05, 3.63) is 23.8 Å². The number of carbonyl (C=O) groups is 3. The van der Waals surface area contributed by atoms with Crippen LogP contribution >= 0.6 is 12.6 Å². The number of carboxylic acids is 1. The Balaban J connectivity index is 1.77. The molecule has 1 unspecified atom stereocenters. The fourth-order valence-electron chi connectivity index (χ4n) is 1.60. The highest BCUT2D eigenvalue weighted by molar-refractivity contribution is 7.80. The Labute approximate surface area is 130 Å². The molecule has 22 heavy (non-hydrogen) atoms. The van der Waals surface area contributed by atoms with Crippen LogP contribution in [0.15, 0.2) is 23.1 Å². The Morgan fingerprint density at radius 3 is 2.77 bits per heavy atom. The number of hydrogen-bond donors (Lipinski definition) is 2. The third-order valence-electron chi connectivity index (χ3n) is 2.64. The van der Waals surface area contributed by atoms with Gasteiger partial charge in [-0.15, -0.1) is 12.6 Å². The summed E-state index contributed by atoms with van der Waals surface area (Å²) in [6.07, 6.45) is -1.41. The van der Waals surface area contributed by atoms with Crippen LogP contribution in [0.25, 0.3) is 0 Å². The van der Waals surface area contributed by atoms with Crippen molar-refractivity contribution in [2.45, 2.75) is 11.0 Å². The van der Waals surface area contributed by atoms with Crippen molar-refractivity contribution in [3.63, 3.8) is 0 Å². The van der Waals surface area contributed by atoms with Crippen LogP contribution in [0, 0.1) is 0 Å². The van der Waals surface area contributed by atoms with Gasteiger partial charge in [-0.1, -0.05) is 0 Å². The third kappa shape index (κ3) is 4.29. The lowest BCUT2D eigenvalue weighted by atomic mass is 10.2. The van der Waals surface area contributed by atoms with Crippen LogP contribution in [-0.4, -0.2) is 49.1 Å². The van der Waals surface area contributed by atoms with Gasteiger partial charge in [-0.2, -0.15) is 0 Å². The van der Waals surface area contributed by atoms with Crippen molar-refractivity contribution >= 4 is 30.7 Å². The SMILES string of the molecule is O=C(COc1ccc(C(=O)O)c(S)c1)OCC1COC(=O)O1. The molecule has 2 rings (SSSR count). The van der Waals surface area contributed by atoms with Gasteiger partial charge in [-0.25, -0.2) is 14.4 Å². The molecule has 0 radical (unpaired) electrons. The fraction of sp³-hybridized carbons (Fsp3) is 0.308. The molecule has 1 aromatic rings. The number of thiol groups is 1. The number of benzene rings is 1. The average Bonchev–Trinajstić information content (AvgIpc) is 2.88. The van der Waals surface area contributed by atoms with Crippen LogP contribution in [0.4, 0.5) is 4.79 Å². The molecule has 1 fully saturated rings. The number of ether oxygens (including phenoxy) is 4. The van der Waals surface area contributed by atoms with E-state index in [0.29, 0.717) is 0 Å². The summed E-state index contributed by atoms with van der Waals surface area (Å²) in [6.45, 7) is -0.461. The van der Waals surface area contributed by atoms with Crippen molar-refractivity contribution in [2.24, 2.45) is 0 Å². The minimum atomic E-state index is -1.11. The predicted molar refractivity (Wildman–Crippen MR) is 73.3 cm³/mol. The maximum Gasteiger partial charge on any atom is 0.508 e. The van der Waals surface area contributed by atoms with E-state index in [4.69, 9.17) is 14.6 Å². The van der Waals surface area contributed by atoms with Crippen molar-refractivity contribution in [1.29, 1.82) is 0 Å². The fourth-order valence-corrected chi connectivity index (χ4v) is 1.90. The van der Waals surface area contributed by atoms with Crippen LogP contribution in [0.1, 0.15) is 10.4 Å². The van der Waals surface area contributed by atoms with E-state index in [1.807, 2.05) is 0 Å². The average molecular weight is 328 g/mol. The van der Waals surface area contributed by atoms with Crippen molar-refractivity contribution in [2.75, 3.05) is 19.8 Å². The number of carbonyl (C=O) groups excluding carboxylic acids is 2. The van der Waals surface area contributed by atoms with Crippen LogP contribution in [0.2, 0.25) is 0 Å². The summed E-state index contributed by atoms with van der Waals surface area (Å²) in [5.74, 6) is -1.49. The quantitative estimate of drug-likeness (QED) is 0.591. The second-order valence-electron chi connectivity index (χ2n) is 4.26. The van der Waals surface area contributed by atoms with Crippen LogP contribution in [0.3, 0.4) is 0 Å². The van der Waals surface area contributed by atoms with Gasteiger partial charge in [0.15, 0.2) is 12.7 Å². The topological polar surface area (TPSA) is 108 Å². The Morgan fingerprint density at radius 1 is 1.41 bits per heavy atom. The summed E-state index contributed by atoms with van der Waals surface area (Å²) < 4.78 is 19.2. The molecular weight excluding hydrogens is 316 g/mol.